The Hall–Kier alpha value is -5.26. The summed E-state index contributed by atoms with van der Waals surface area (Å²) in [7, 11) is 0. The lowest BCUT2D eigenvalue weighted by molar-refractivity contribution is 1.07. The minimum Gasteiger partial charge on any atom is -0.309 e. The number of terminal acetylenes is 1. The predicted octanol–water partition coefficient (Wildman–Crippen LogP) is 11.6. The van der Waals surface area contributed by atoms with E-state index < -0.39 is 0 Å². The number of fused-ring (bicyclic) bond motifs is 7. The number of aromatic nitrogens is 2. The average molecular weight is 571 g/mol. The highest BCUT2D eigenvalue weighted by molar-refractivity contribution is 6.19. The fourth-order valence-corrected chi connectivity index (χ4v) is 6.65. The Bertz CT molecular complexity index is 2290. The second-order valence-corrected chi connectivity index (χ2v) is 11.2. The van der Waals surface area contributed by atoms with Gasteiger partial charge in [0.2, 0.25) is 0 Å². The van der Waals surface area contributed by atoms with Gasteiger partial charge in [0.05, 0.1) is 27.8 Å². The minimum atomic E-state index is 1.03. The maximum atomic E-state index is 4.00. The molecule has 0 saturated heterocycles. The minimum absolute atomic E-state index is 1.03. The number of benzene rings is 6. The molecule has 0 saturated carbocycles. The van der Waals surface area contributed by atoms with Crippen molar-refractivity contribution < 1.29 is 0 Å². The highest BCUT2D eigenvalue weighted by Gasteiger charge is 2.19. The van der Waals surface area contributed by atoms with E-state index in [1.165, 1.54) is 83.3 Å². The van der Waals surface area contributed by atoms with Crippen molar-refractivity contribution in [3.8, 4) is 24.2 Å². The molecule has 0 bridgehead atoms. The molecule has 0 N–H and O–H groups in total. The van der Waals surface area contributed by atoms with Crippen molar-refractivity contribution in [3.63, 3.8) is 0 Å². The van der Waals surface area contributed by atoms with Gasteiger partial charge in [-0.05, 0) is 66.3 Å². The van der Waals surface area contributed by atoms with Gasteiger partial charge >= 0.3 is 0 Å². The fraction of sp³-hybridized carbons (Fsp3) is 0.143. The number of hydrogen-bond donors (Lipinski definition) is 0. The molecule has 0 spiro atoms. The largest absolute Gasteiger partial charge is 0.309 e. The van der Waals surface area contributed by atoms with Gasteiger partial charge in [-0.2, -0.15) is 0 Å². The second kappa shape index (κ2) is 12.2. The summed E-state index contributed by atoms with van der Waals surface area (Å²) in [5.41, 5.74) is 10.2. The molecule has 2 aromatic heterocycles. The monoisotopic (exact) mass is 570 g/mol. The molecule has 8 aromatic rings. The van der Waals surface area contributed by atoms with E-state index in [0.29, 0.717) is 0 Å². The summed E-state index contributed by atoms with van der Waals surface area (Å²) in [6.07, 6.45) is 10.3. The molecule has 216 valence electrons. The van der Waals surface area contributed by atoms with Crippen LogP contribution in [0.3, 0.4) is 0 Å². The molecule has 44 heavy (non-hydrogen) atoms. The third-order valence-corrected chi connectivity index (χ3v) is 8.51. The van der Waals surface area contributed by atoms with Crippen LogP contribution in [0.4, 0.5) is 0 Å². The predicted molar refractivity (Wildman–Crippen MR) is 193 cm³/mol. The third kappa shape index (κ3) is 4.53. The van der Waals surface area contributed by atoms with E-state index in [-0.39, 0.29) is 0 Å². The molecule has 2 heteroatoms. The quantitative estimate of drug-likeness (QED) is 0.187. The van der Waals surface area contributed by atoms with Crippen molar-refractivity contribution in [3.05, 3.63) is 132 Å². The molecule has 0 atom stereocenters. The fourth-order valence-electron chi connectivity index (χ4n) is 6.65. The lowest BCUT2D eigenvalue weighted by Crippen LogP contribution is -2.00. The number of aryl methyl sites for hydroxylation is 1. The zero-order valence-corrected chi connectivity index (χ0v) is 26.0. The average Bonchev–Trinajstić information content (AvgIpc) is 3.57. The van der Waals surface area contributed by atoms with Gasteiger partial charge in [0.1, 0.15) is 0 Å². The van der Waals surface area contributed by atoms with Gasteiger partial charge < -0.3 is 9.13 Å². The molecular weight excluding hydrogens is 532 g/mol. The van der Waals surface area contributed by atoms with E-state index in [1.807, 2.05) is 0 Å². The first-order valence-corrected chi connectivity index (χ1v) is 15.5. The SMILES string of the molecule is C#C.CCC.CCc1cccc(-n2c3ccccc3c3cc4c(cc32)c2ccccc2n4-c2cccc3ccccc23)c1C. The van der Waals surface area contributed by atoms with E-state index >= 15 is 0 Å². The van der Waals surface area contributed by atoms with E-state index in [1.54, 1.807) is 0 Å². The summed E-state index contributed by atoms with van der Waals surface area (Å²) in [6.45, 7) is 8.75. The first kappa shape index (κ1) is 28.8. The second-order valence-electron chi connectivity index (χ2n) is 11.2. The van der Waals surface area contributed by atoms with Crippen molar-refractivity contribution in [2.45, 2.75) is 40.5 Å². The highest BCUT2D eigenvalue weighted by Crippen LogP contribution is 2.41. The molecule has 2 heterocycles. The Morgan fingerprint density at radius 1 is 0.477 bits per heavy atom. The lowest BCUT2D eigenvalue weighted by atomic mass is 10.0. The van der Waals surface area contributed by atoms with Crippen molar-refractivity contribution in [2.24, 2.45) is 0 Å². The summed E-state index contributed by atoms with van der Waals surface area (Å²) in [5.74, 6) is 0. The van der Waals surface area contributed by atoms with Crippen LogP contribution in [0.2, 0.25) is 0 Å². The summed E-state index contributed by atoms with van der Waals surface area (Å²) in [4.78, 5) is 0. The molecule has 0 aliphatic carbocycles. The van der Waals surface area contributed by atoms with Gasteiger partial charge in [-0.1, -0.05) is 112 Å². The first-order valence-electron chi connectivity index (χ1n) is 15.5. The maximum absolute atomic E-state index is 4.00. The third-order valence-electron chi connectivity index (χ3n) is 8.51. The van der Waals surface area contributed by atoms with Crippen LogP contribution >= 0.6 is 0 Å². The zero-order chi connectivity index (χ0) is 30.8. The van der Waals surface area contributed by atoms with Crippen LogP contribution in [-0.2, 0) is 6.42 Å². The number of para-hydroxylation sites is 2. The molecule has 0 fully saturated rings. The van der Waals surface area contributed by atoms with Gasteiger partial charge in [0, 0.05) is 32.6 Å². The summed E-state index contributed by atoms with van der Waals surface area (Å²) in [6, 6.07) is 44.5. The molecule has 0 aliphatic rings. The summed E-state index contributed by atoms with van der Waals surface area (Å²) in [5, 5.41) is 7.63. The van der Waals surface area contributed by atoms with Gasteiger partial charge in [0.15, 0.2) is 0 Å². The molecule has 0 unspecified atom stereocenters. The topological polar surface area (TPSA) is 9.86 Å². The van der Waals surface area contributed by atoms with Crippen molar-refractivity contribution in [2.75, 3.05) is 0 Å². The Kier molecular flexibility index (Phi) is 7.97. The molecule has 0 amide bonds. The van der Waals surface area contributed by atoms with Crippen LogP contribution in [0, 0.1) is 19.8 Å². The van der Waals surface area contributed by atoms with Gasteiger partial charge in [-0.15, -0.1) is 12.8 Å². The van der Waals surface area contributed by atoms with E-state index in [2.05, 4.69) is 171 Å². The summed E-state index contributed by atoms with van der Waals surface area (Å²) < 4.78 is 4.93. The molecule has 2 nitrogen and oxygen atoms in total. The van der Waals surface area contributed by atoms with Gasteiger partial charge in [-0.25, -0.2) is 0 Å². The summed E-state index contributed by atoms with van der Waals surface area (Å²) >= 11 is 0. The zero-order valence-electron chi connectivity index (χ0n) is 26.0. The Morgan fingerprint density at radius 2 is 0.932 bits per heavy atom. The van der Waals surface area contributed by atoms with Crippen LogP contribution in [0.1, 0.15) is 38.3 Å². The van der Waals surface area contributed by atoms with Crippen LogP contribution < -0.4 is 0 Å². The van der Waals surface area contributed by atoms with Crippen molar-refractivity contribution in [1.82, 2.24) is 9.13 Å². The smallest absolute Gasteiger partial charge is 0.0549 e. The Balaban J connectivity index is 0.000000649. The van der Waals surface area contributed by atoms with Crippen molar-refractivity contribution in [1.29, 1.82) is 0 Å². The molecular formula is C42H38N2. The highest BCUT2D eigenvalue weighted by atomic mass is 15.0. The Labute approximate surface area is 260 Å². The lowest BCUT2D eigenvalue weighted by Gasteiger charge is -2.14. The van der Waals surface area contributed by atoms with E-state index in [9.17, 15) is 0 Å². The van der Waals surface area contributed by atoms with Gasteiger partial charge in [0.25, 0.3) is 0 Å². The van der Waals surface area contributed by atoms with Crippen LogP contribution in [0.15, 0.2) is 121 Å². The molecule has 0 radical (unpaired) electrons. The van der Waals surface area contributed by atoms with Gasteiger partial charge in [-0.3, -0.25) is 0 Å². The molecule has 8 rings (SSSR count). The van der Waals surface area contributed by atoms with Crippen LogP contribution in [0.25, 0.3) is 65.8 Å². The van der Waals surface area contributed by atoms with Crippen molar-refractivity contribution >= 4 is 54.4 Å². The molecule has 6 aromatic carbocycles. The van der Waals surface area contributed by atoms with Crippen LogP contribution in [-0.4, -0.2) is 9.13 Å². The first-order chi connectivity index (χ1) is 21.7. The van der Waals surface area contributed by atoms with Crippen LogP contribution in [0.5, 0.6) is 0 Å². The standard InChI is InChI=1S/C37H28N2.C3H8.C2H2/c1-3-25-13-10-20-32(24(25)2)38-34-18-8-6-16-28(34)30-23-37-31(22-36(30)38)29-17-7-9-19-35(29)39(37)33-21-11-14-26-12-4-5-15-27(26)33;1-3-2;1-2/h4-23H,3H2,1-2H3;3H2,1-2H3;1-2H. The number of rotatable bonds is 3. The maximum Gasteiger partial charge on any atom is 0.0549 e. The number of nitrogens with zero attached hydrogens (tertiary/aromatic N) is 2. The van der Waals surface area contributed by atoms with E-state index in [0.717, 1.165) is 6.42 Å². The number of hydrogen-bond acceptors (Lipinski definition) is 0. The Morgan fingerprint density at radius 3 is 1.52 bits per heavy atom. The molecule has 0 aliphatic heterocycles. The normalized spacial score (nSPS) is 11.0. The van der Waals surface area contributed by atoms with E-state index in [4.69, 9.17) is 0 Å².